The van der Waals surface area contributed by atoms with Crippen LogP contribution in [0, 0.1) is 13.8 Å². The molecule has 1 N–H and O–H groups in total. The van der Waals surface area contributed by atoms with Gasteiger partial charge in [0.1, 0.15) is 5.75 Å². The summed E-state index contributed by atoms with van der Waals surface area (Å²) < 4.78 is 5.28. The number of aryl methyl sites for hydroxylation is 2. The van der Waals surface area contributed by atoms with Crippen molar-refractivity contribution < 1.29 is 9.53 Å². The van der Waals surface area contributed by atoms with E-state index < -0.39 is 0 Å². The van der Waals surface area contributed by atoms with Gasteiger partial charge in [0.05, 0.1) is 17.8 Å². The van der Waals surface area contributed by atoms with Crippen molar-refractivity contribution in [2.75, 3.05) is 12.4 Å². The molecule has 0 saturated carbocycles. The zero-order chi connectivity index (χ0) is 16.1. The Labute approximate surface area is 135 Å². The minimum absolute atomic E-state index is 0.241. The minimum atomic E-state index is -0.241. The molecule has 0 aliphatic heterocycles. The van der Waals surface area contributed by atoms with E-state index in [9.17, 15) is 4.79 Å². The van der Waals surface area contributed by atoms with Crippen molar-refractivity contribution in [2.45, 2.75) is 13.8 Å². The molecule has 114 valence electrons. The second kappa shape index (κ2) is 7.14. The number of carbonyl (C=O) groups is 1. The van der Waals surface area contributed by atoms with Crippen LogP contribution < -0.4 is 10.1 Å². The molecule has 0 unspecified atom stereocenters. The van der Waals surface area contributed by atoms with E-state index >= 15 is 0 Å². The highest BCUT2D eigenvalue weighted by atomic mass is 35.5. The molecule has 0 aliphatic rings. The Balaban J connectivity index is 2.13. The summed E-state index contributed by atoms with van der Waals surface area (Å²) in [6.07, 6.45) is 3.19. The summed E-state index contributed by atoms with van der Waals surface area (Å²) in [5.41, 5.74) is 3.59. The lowest BCUT2D eigenvalue weighted by Crippen LogP contribution is -2.08. The number of rotatable bonds is 4. The van der Waals surface area contributed by atoms with Crippen LogP contribution in [0.2, 0.25) is 5.02 Å². The highest BCUT2D eigenvalue weighted by Crippen LogP contribution is 2.23. The Hall–Kier alpha value is -2.26. The number of carbonyl (C=O) groups excluding carboxylic acids is 1. The van der Waals surface area contributed by atoms with Gasteiger partial charge >= 0.3 is 0 Å². The number of hydrogen-bond donors (Lipinski definition) is 1. The van der Waals surface area contributed by atoms with Crippen LogP contribution in [0.4, 0.5) is 5.69 Å². The number of ether oxygens (including phenoxy) is 1. The van der Waals surface area contributed by atoms with Gasteiger partial charge in [-0.2, -0.15) is 0 Å². The van der Waals surface area contributed by atoms with Crippen LogP contribution >= 0.6 is 11.6 Å². The van der Waals surface area contributed by atoms with E-state index in [2.05, 4.69) is 5.32 Å². The fourth-order valence-corrected chi connectivity index (χ4v) is 2.33. The van der Waals surface area contributed by atoms with Crippen molar-refractivity contribution in [3.05, 3.63) is 64.2 Å². The van der Waals surface area contributed by atoms with Gasteiger partial charge in [0, 0.05) is 11.6 Å². The molecule has 0 aromatic heterocycles. The Morgan fingerprint density at radius 2 is 1.82 bits per heavy atom. The summed E-state index contributed by atoms with van der Waals surface area (Å²) in [5.74, 6) is 0.484. The lowest BCUT2D eigenvalue weighted by Gasteiger charge is -2.07. The highest BCUT2D eigenvalue weighted by Gasteiger charge is 2.04. The van der Waals surface area contributed by atoms with Crippen molar-refractivity contribution in [3.63, 3.8) is 0 Å². The second-order valence-electron chi connectivity index (χ2n) is 5.05. The smallest absolute Gasteiger partial charge is 0.248 e. The summed E-state index contributed by atoms with van der Waals surface area (Å²) in [5, 5.41) is 3.28. The summed E-state index contributed by atoms with van der Waals surface area (Å²) in [6, 6.07) is 11.3. The average Bonchev–Trinajstić information content (AvgIpc) is 2.48. The molecule has 3 nitrogen and oxygen atoms in total. The van der Waals surface area contributed by atoms with Crippen molar-refractivity contribution in [1.82, 2.24) is 0 Å². The maximum absolute atomic E-state index is 12.0. The standard InChI is InChI=1S/C18H18ClNO2/c1-12-5-8-17(22-3)14(10-12)6-9-18(21)20-16-7-4-13(2)11-15(16)19/h4-11H,1-3H3,(H,20,21). The second-order valence-corrected chi connectivity index (χ2v) is 5.46. The molecule has 0 bridgehead atoms. The SMILES string of the molecule is COc1ccc(C)cc1C=CC(=O)Nc1ccc(C)cc1Cl. The van der Waals surface area contributed by atoms with Gasteiger partial charge in [0.25, 0.3) is 0 Å². The Kier molecular flexibility index (Phi) is 5.23. The van der Waals surface area contributed by atoms with Gasteiger partial charge in [-0.25, -0.2) is 0 Å². The number of hydrogen-bond acceptors (Lipinski definition) is 2. The fraction of sp³-hybridized carbons (Fsp3) is 0.167. The first-order valence-electron chi connectivity index (χ1n) is 6.89. The lowest BCUT2D eigenvalue weighted by molar-refractivity contribution is -0.111. The molecule has 0 spiro atoms. The summed E-state index contributed by atoms with van der Waals surface area (Å²) in [6.45, 7) is 3.93. The molecule has 22 heavy (non-hydrogen) atoms. The molecule has 0 saturated heterocycles. The van der Waals surface area contributed by atoms with Crippen molar-refractivity contribution in [2.24, 2.45) is 0 Å². The van der Waals surface area contributed by atoms with Crippen LogP contribution in [0.25, 0.3) is 6.08 Å². The Bertz CT molecular complexity index is 723. The average molecular weight is 316 g/mol. The first-order chi connectivity index (χ1) is 10.5. The van der Waals surface area contributed by atoms with Crippen molar-refractivity contribution >= 4 is 29.3 Å². The van der Waals surface area contributed by atoms with Gasteiger partial charge in [-0.15, -0.1) is 0 Å². The van der Waals surface area contributed by atoms with Gasteiger partial charge in [0.15, 0.2) is 0 Å². The van der Waals surface area contributed by atoms with E-state index in [1.54, 1.807) is 19.3 Å². The molecule has 0 aliphatic carbocycles. The third-order valence-electron chi connectivity index (χ3n) is 3.18. The molecule has 0 heterocycles. The van der Waals surface area contributed by atoms with Crippen LogP contribution in [0.3, 0.4) is 0 Å². The molecule has 0 atom stereocenters. The molecular weight excluding hydrogens is 298 g/mol. The molecule has 2 aromatic carbocycles. The fourth-order valence-electron chi connectivity index (χ4n) is 2.05. The molecule has 0 fully saturated rings. The molecule has 4 heteroatoms. The Morgan fingerprint density at radius 3 is 2.50 bits per heavy atom. The third-order valence-corrected chi connectivity index (χ3v) is 3.49. The van der Waals surface area contributed by atoms with Crippen LogP contribution in [0.5, 0.6) is 5.75 Å². The van der Waals surface area contributed by atoms with E-state index in [1.807, 2.05) is 44.2 Å². The van der Waals surface area contributed by atoms with Gasteiger partial charge < -0.3 is 10.1 Å². The lowest BCUT2D eigenvalue weighted by atomic mass is 10.1. The zero-order valence-electron chi connectivity index (χ0n) is 12.8. The summed E-state index contributed by atoms with van der Waals surface area (Å²) in [7, 11) is 1.61. The number of nitrogens with one attached hydrogen (secondary N) is 1. The predicted molar refractivity (Wildman–Crippen MR) is 91.6 cm³/mol. The number of halogens is 1. The number of benzene rings is 2. The topological polar surface area (TPSA) is 38.3 Å². The summed E-state index contributed by atoms with van der Waals surface area (Å²) >= 11 is 6.10. The Morgan fingerprint density at radius 1 is 1.14 bits per heavy atom. The maximum Gasteiger partial charge on any atom is 0.248 e. The number of methoxy groups -OCH3 is 1. The van der Waals surface area contributed by atoms with E-state index in [4.69, 9.17) is 16.3 Å². The minimum Gasteiger partial charge on any atom is -0.496 e. The first kappa shape index (κ1) is 16.1. The molecule has 2 aromatic rings. The van der Waals surface area contributed by atoms with Crippen LogP contribution in [-0.2, 0) is 4.79 Å². The molecule has 2 rings (SSSR count). The zero-order valence-corrected chi connectivity index (χ0v) is 13.6. The van der Waals surface area contributed by atoms with Crippen molar-refractivity contribution in [3.8, 4) is 5.75 Å². The third kappa shape index (κ3) is 4.12. The number of amides is 1. The summed E-state index contributed by atoms with van der Waals surface area (Å²) in [4.78, 5) is 12.0. The maximum atomic E-state index is 12.0. The van der Waals surface area contributed by atoms with Gasteiger partial charge in [-0.3, -0.25) is 4.79 Å². The van der Waals surface area contributed by atoms with E-state index in [0.717, 1.165) is 22.4 Å². The number of anilines is 1. The van der Waals surface area contributed by atoms with Gasteiger partial charge in [-0.05, 0) is 49.8 Å². The van der Waals surface area contributed by atoms with Crippen molar-refractivity contribution in [1.29, 1.82) is 0 Å². The van der Waals surface area contributed by atoms with E-state index in [0.29, 0.717) is 10.7 Å². The van der Waals surface area contributed by atoms with Crippen LogP contribution in [-0.4, -0.2) is 13.0 Å². The highest BCUT2D eigenvalue weighted by molar-refractivity contribution is 6.33. The quantitative estimate of drug-likeness (QED) is 0.836. The first-order valence-corrected chi connectivity index (χ1v) is 7.27. The predicted octanol–water partition coefficient (Wildman–Crippen LogP) is 4.62. The van der Waals surface area contributed by atoms with E-state index in [1.165, 1.54) is 6.08 Å². The largest absolute Gasteiger partial charge is 0.496 e. The molecule has 1 amide bonds. The van der Waals surface area contributed by atoms with Crippen LogP contribution in [0.1, 0.15) is 16.7 Å². The van der Waals surface area contributed by atoms with Crippen LogP contribution in [0.15, 0.2) is 42.5 Å². The van der Waals surface area contributed by atoms with Gasteiger partial charge in [0.2, 0.25) is 5.91 Å². The monoisotopic (exact) mass is 315 g/mol. The molecule has 0 radical (unpaired) electrons. The van der Waals surface area contributed by atoms with Gasteiger partial charge in [-0.1, -0.05) is 29.3 Å². The van der Waals surface area contributed by atoms with E-state index in [-0.39, 0.29) is 5.91 Å². The molecular formula is C18H18ClNO2. The normalized spacial score (nSPS) is 10.7.